The Morgan fingerprint density at radius 1 is 1.28 bits per heavy atom. The molecule has 10 heteroatoms. The van der Waals surface area contributed by atoms with Crippen LogP contribution in [0.25, 0.3) is 0 Å². The zero-order valence-corrected chi connectivity index (χ0v) is 14.4. The van der Waals surface area contributed by atoms with Crippen LogP contribution < -0.4 is 10.5 Å². The summed E-state index contributed by atoms with van der Waals surface area (Å²) in [6.07, 6.45) is 0.490. The van der Waals surface area contributed by atoms with Gasteiger partial charge in [-0.2, -0.15) is 0 Å². The summed E-state index contributed by atoms with van der Waals surface area (Å²) in [5.74, 6) is -0.958. The van der Waals surface area contributed by atoms with Crippen LogP contribution in [0.1, 0.15) is 28.7 Å². The average molecular weight is 367 g/mol. The lowest BCUT2D eigenvalue weighted by Gasteiger charge is -2.07. The lowest BCUT2D eigenvalue weighted by molar-refractivity contribution is -0.119. The van der Waals surface area contributed by atoms with Gasteiger partial charge < -0.3 is 14.6 Å². The highest BCUT2D eigenvalue weighted by atomic mass is 32.2. The molecule has 0 saturated heterocycles. The summed E-state index contributed by atoms with van der Waals surface area (Å²) in [5.41, 5.74) is 1.01. The zero-order chi connectivity index (χ0) is 18.6. The van der Waals surface area contributed by atoms with Gasteiger partial charge in [-0.1, -0.05) is 12.1 Å². The van der Waals surface area contributed by atoms with Crippen molar-refractivity contribution in [2.45, 2.75) is 25.2 Å². The van der Waals surface area contributed by atoms with Gasteiger partial charge in [-0.05, 0) is 37.6 Å². The molecule has 0 aliphatic heterocycles. The number of carbonyl (C=O) groups excluding carboxylic acids is 2. The third-order valence-corrected chi connectivity index (χ3v) is 4.20. The van der Waals surface area contributed by atoms with E-state index < -0.39 is 28.5 Å². The number of esters is 1. The number of hydrogen-bond donors (Lipinski definition) is 2. The number of anilines is 1. The first-order valence-electron chi connectivity index (χ1n) is 7.27. The van der Waals surface area contributed by atoms with Crippen LogP contribution in [0.3, 0.4) is 0 Å². The van der Waals surface area contributed by atoms with Gasteiger partial charge in [-0.15, -0.1) is 0 Å². The number of carbonyl (C=O) groups is 2. The minimum atomic E-state index is -3.80. The Morgan fingerprint density at radius 2 is 1.92 bits per heavy atom. The molecule has 134 valence electrons. The first-order valence-corrected chi connectivity index (χ1v) is 8.82. The molecule has 1 aromatic carbocycles. The van der Waals surface area contributed by atoms with Gasteiger partial charge in [0.05, 0.1) is 10.6 Å². The molecule has 25 heavy (non-hydrogen) atoms. The Hall–Kier alpha value is -2.72. The van der Waals surface area contributed by atoms with Crippen molar-refractivity contribution in [3.05, 3.63) is 41.3 Å². The zero-order valence-electron chi connectivity index (χ0n) is 13.6. The fourth-order valence-corrected chi connectivity index (χ4v) is 2.56. The molecule has 0 aliphatic rings. The molecular formula is C15H17N3O6S. The molecule has 0 fully saturated rings. The number of amides is 1. The number of benzene rings is 1. The number of aromatic nitrogens is 1. The van der Waals surface area contributed by atoms with E-state index in [-0.39, 0.29) is 10.5 Å². The van der Waals surface area contributed by atoms with E-state index in [1.807, 2.05) is 6.92 Å². The second-order valence-electron chi connectivity index (χ2n) is 5.11. The van der Waals surface area contributed by atoms with E-state index in [1.54, 1.807) is 6.92 Å². The van der Waals surface area contributed by atoms with Gasteiger partial charge in [0.2, 0.25) is 10.0 Å². The fourth-order valence-electron chi connectivity index (χ4n) is 2.05. The number of sulfonamides is 1. The van der Waals surface area contributed by atoms with Gasteiger partial charge in [-0.25, -0.2) is 18.4 Å². The minimum absolute atomic E-state index is 0.0769. The SMILES string of the molecule is CCc1noc(C)c1C(=O)OCC(=O)Nc1ccc(S(N)(=O)=O)cc1. The molecule has 1 heterocycles. The van der Waals surface area contributed by atoms with Crippen LogP contribution in [-0.2, 0) is 26.0 Å². The lowest BCUT2D eigenvalue weighted by atomic mass is 10.1. The third kappa shape index (κ3) is 4.64. The Bertz CT molecular complexity index is 886. The first kappa shape index (κ1) is 18.6. The molecule has 0 bridgehead atoms. The number of rotatable bonds is 6. The summed E-state index contributed by atoms with van der Waals surface area (Å²) >= 11 is 0. The molecule has 0 unspecified atom stereocenters. The topological polar surface area (TPSA) is 142 Å². The van der Waals surface area contributed by atoms with Gasteiger partial charge >= 0.3 is 5.97 Å². The van der Waals surface area contributed by atoms with Crippen LogP contribution >= 0.6 is 0 Å². The van der Waals surface area contributed by atoms with Gasteiger partial charge in [0.1, 0.15) is 11.3 Å². The average Bonchev–Trinajstić information content (AvgIpc) is 2.93. The van der Waals surface area contributed by atoms with Crippen LogP contribution in [0.4, 0.5) is 5.69 Å². The van der Waals surface area contributed by atoms with Crippen LogP contribution in [-0.4, -0.2) is 32.1 Å². The van der Waals surface area contributed by atoms with Gasteiger partial charge in [0, 0.05) is 5.69 Å². The second kappa shape index (κ2) is 7.45. The maximum absolute atomic E-state index is 12.0. The Kier molecular flexibility index (Phi) is 5.55. The van der Waals surface area contributed by atoms with Gasteiger partial charge in [0.15, 0.2) is 6.61 Å². The van der Waals surface area contributed by atoms with Crippen molar-refractivity contribution in [3.8, 4) is 0 Å². The van der Waals surface area contributed by atoms with E-state index >= 15 is 0 Å². The molecule has 2 aromatic rings. The molecule has 1 amide bonds. The lowest BCUT2D eigenvalue weighted by Crippen LogP contribution is -2.21. The van der Waals surface area contributed by atoms with E-state index in [1.165, 1.54) is 24.3 Å². The molecule has 0 radical (unpaired) electrons. The number of aryl methyl sites for hydroxylation is 2. The summed E-state index contributed by atoms with van der Waals surface area (Å²) < 4.78 is 32.2. The Morgan fingerprint density at radius 3 is 2.48 bits per heavy atom. The predicted octanol–water partition coefficient (Wildman–Crippen LogP) is 0.988. The van der Waals surface area contributed by atoms with E-state index in [0.717, 1.165) is 0 Å². The smallest absolute Gasteiger partial charge is 0.344 e. The summed E-state index contributed by atoms with van der Waals surface area (Å²) in [5, 5.41) is 11.2. The molecule has 3 N–H and O–H groups in total. The number of hydrogen-bond acceptors (Lipinski definition) is 7. The highest BCUT2D eigenvalue weighted by Gasteiger charge is 2.21. The van der Waals surface area contributed by atoms with Crippen molar-refractivity contribution in [1.29, 1.82) is 0 Å². The van der Waals surface area contributed by atoms with Crippen molar-refractivity contribution in [2.75, 3.05) is 11.9 Å². The number of ether oxygens (including phenoxy) is 1. The molecule has 0 atom stereocenters. The molecule has 0 saturated carbocycles. The third-order valence-electron chi connectivity index (χ3n) is 3.27. The number of primary sulfonamides is 1. The normalized spacial score (nSPS) is 11.2. The second-order valence-corrected chi connectivity index (χ2v) is 6.67. The van der Waals surface area contributed by atoms with Crippen molar-refractivity contribution < 1.29 is 27.3 Å². The maximum atomic E-state index is 12.0. The molecule has 2 rings (SSSR count). The van der Waals surface area contributed by atoms with E-state index in [4.69, 9.17) is 14.4 Å². The van der Waals surface area contributed by atoms with Crippen LogP contribution in [0.2, 0.25) is 0 Å². The standard InChI is InChI=1S/C15H17N3O6S/c1-3-12-14(9(2)24-18-12)15(20)23-8-13(19)17-10-4-6-11(7-5-10)25(16,21)22/h4-7H,3,8H2,1-2H3,(H,17,19)(H2,16,21,22). The molecule has 1 aromatic heterocycles. The van der Waals surface area contributed by atoms with E-state index in [9.17, 15) is 18.0 Å². The minimum Gasteiger partial charge on any atom is -0.452 e. The predicted molar refractivity (Wildman–Crippen MR) is 87.3 cm³/mol. The van der Waals surface area contributed by atoms with E-state index in [2.05, 4.69) is 10.5 Å². The monoisotopic (exact) mass is 367 g/mol. The number of nitrogens with two attached hydrogens (primary N) is 1. The Labute approximate surface area is 144 Å². The summed E-state index contributed by atoms with van der Waals surface area (Å²) in [7, 11) is -3.80. The van der Waals surface area contributed by atoms with Crippen molar-refractivity contribution >= 4 is 27.6 Å². The quantitative estimate of drug-likeness (QED) is 0.725. The molecule has 0 spiro atoms. The number of nitrogens with zero attached hydrogens (tertiary/aromatic N) is 1. The Balaban J connectivity index is 1.94. The van der Waals surface area contributed by atoms with Gasteiger partial charge in [0.25, 0.3) is 5.91 Å². The van der Waals surface area contributed by atoms with Crippen LogP contribution in [0, 0.1) is 6.92 Å². The van der Waals surface area contributed by atoms with Crippen LogP contribution in [0.5, 0.6) is 0 Å². The molecule has 9 nitrogen and oxygen atoms in total. The van der Waals surface area contributed by atoms with Gasteiger partial charge in [-0.3, -0.25) is 4.79 Å². The number of nitrogens with one attached hydrogen (secondary N) is 1. The molecule has 0 aliphatic carbocycles. The fraction of sp³-hybridized carbons (Fsp3) is 0.267. The van der Waals surface area contributed by atoms with E-state index in [0.29, 0.717) is 23.6 Å². The summed E-state index contributed by atoms with van der Waals surface area (Å²) in [6.45, 7) is 2.88. The van der Waals surface area contributed by atoms with Crippen LogP contribution in [0.15, 0.2) is 33.7 Å². The van der Waals surface area contributed by atoms with Crippen molar-refractivity contribution in [3.63, 3.8) is 0 Å². The van der Waals surface area contributed by atoms with Crippen molar-refractivity contribution in [2.24, 2.45) is 5.14 Å². The highest BCUT2D eigenvalue weighted by Crippen LogP contribution is 2.16. The highest BCUT2D eigenvalue weighted by molar-refractivity contribution is 7.89. The first-order chi connectivity index (χ1) is 11.7. The van der Waals surface area contributed by atoms with Crippen molar-refractivity contribution in [1.82, 2.24) is 5.16 Å². The maximum Gasteiger partial charge on any atom is 0.344 e. The molecular weight excluding hydrogens is 350 g/mol. The summed E-state index contributed by atoms with van der Waals surface area (Å²) in [4.78, 5) is 23.8. The summed E-state index contributed by atoms with van der Waals surface area (Å²) in [6, 6.07) is 5.26. The largest absolute Gasteiger partial charge is 0.452 e.